The first-order valence-electron chi connectivity index (χ1n) is 6.13. The number of hydrogen-bond donors (Lipinski definition) is 1. The van der Waals surface area contributed by atoms with Crippen LogP contribution in [0, 0.1) is 15.9 Å². The first kappa shape index (κ1) is 13.0. The molecule has 0 atom stereocenters. The number of pyridine rings is 1. The predicted octanol–water partition coefficient (Wildman–Crippen LogP) is 3.49. The van der Waals surface area contributed by atoms with E-state index in [2.05, 4.69) is 10.3 Å². The summed E-state index contributed by atoms with van der Waals surface area (Å²) in [5.41, 5.74) is 0.895. The standard InChI is InChI=1S/C14H10FN3O3/c15-11-6-12(18(19)20)10-2-1-4-16-13(10)14(11)17-7-9-3-5-21-8-9/h1-6,8,17H,7H2. The van der Waals surface area contributed by atoms with E-state index in [0.29, 0.717) is 11.9 Å². The zero-order valence-electron chi connectivity index (χ0n) is 10.7. The van der Waals surface area contributed by atoms with E-state index >= 15 is 0 Å². The van der Waals surface area contributed by atoms with E-state index in [1.165, 1.54) is 18.7 Å². The highest BCUT2D eigenvalue weighted by Gasteiger charge is 2.19. The Labute approximate surface area is 118 Å². The summed E-state index contributed by atoms with van der Waals surface area (Å²) < 4.78 is 19.1. The van der Waals surface area contributed by atoms with E-state index in [0.717, 1.165) is 11.6 Å². The van der Waals surface area contributed by atoms with Gasteiger partial charge in [-0.25, -0.2) is 4.39 Å². The van der Waals surface area contributed by atoms with Gasteiger partial charge in [0.15, 0.2) is 5.82 Å². The van der Waals surface area contributed by atoms with Crippen LogP contribution in [-0.2, 0) is 6.54 Å². The van der Waals surface area contributed by atoms with Crippen LogP contribution in [0.4, 0.5) is 15.8 Å². The Morgan fingerprint density at radius 2 is 2.29 bits per heavy atom. The van der Waals surface area contributed by atoms with Gasteiger partial charge in [0.05, 0.1) is 34.6 Å². The van der Waals surface area contributed by atoms with Gasteiger partial charge in [0, 0.05) is 18.3 Å². The van der Waals surface area contributed by atoms with Crippen molar-refractivity contribution in [3.05, 3.63) is 64.5 Å². The number of nitrogens with zero attached hydrogens (tertiary/aromatic N) is 2. The van der Waals surface area contributed by atoms with Crippen LogP contribution < -0.4 is 5.32 Å². The topological polar surface area (TPSA) is 81.2 Å². The molecular weight excluding hydrogens is 277 g/mol. The van der Waals surface area contributed by atoms with Crippen molar-refractivity contribution in [2.24, 2.45) is 0 Å². The lowest BCUT2D eigenvalue weighted by molar-refractivity contribution is -0.383. The third-order valence-electron chi connectivity index (χ3n) is 3.07. The fourth-order valence-corrected chi connectivity index (χ4v) is 2.10. The van der Waals surface area contributed by atoms with Crippen molar-refractivity contribution in [2.45, 2.75) is 6.54 Å². The molecule has 2 heterocycles. The van der Waals surface area contributed by atoms with E-state index in [-0.39, 0.29) is 16.9 Å². The van der Waals surface area contributed by atoms with Crippen molar-refractivity contribution < 1.29 is 13.7 Å². The first-order chi connectivity index (χ1) is 10.2. The maximum Gasteiger partial charge on any atom is 0.281 e. The molecule has 0 aliphatic carbocycles. The van der Waals surface area contributed by atoms with Crippen molar-refractivity contribution in [1.29, 1.82) is 0 Å². The van der Waals surface area contributed by atoms with Gasteiger partial charge in [0.1, 0.15) is 5.52 Å². The number of nitro benzene ring substituents is 1. The van der Waals surface area contributed by atoms with Crippen molar-refractivity contribution in [3.8, 4) is 0 Å². The number of anilines is 1. The zero-order valence-corrected chi connectivity index (χ0v) is 10.7. The van der Waals surface area contributed by atoms with Crippen LogP contribution in [0.5, 0.6) is 0 Å². The number of fused-ring (bicyclic) bond motifs is 1. The SMILES string of the molecule is O=[N+]([O-])c1cc(F)c(NCc2ccoc2)c2ncccc12. The summed E-state index contributed by atoms with van der Waals surface area (Å²) >= 11 is 0. The number of rotatable bonds is 4. The van der Waals surface area contributed by atoms with Crippen LogP contribution in [0.2, 0.25) is 0 Å². The first-order valence-corrected chi connectivity index (χ1v) is 6.13. The second-order valence-corrected chi connectivity index (χ2v) is 4.39. The van der Waals surface area contributed by atoms with Crippen LogP contribution in [0.25, 0.3) is 10.9 Å². The molecular formula is C14H10FN3O3. The summed E-state index contributed by atoms with van der Waals surface area (Å²) in [6, 6.07) is 5.77. The van der Waals surface area contributed by atoms with Gasteiger partial charge in [-0.05, 0) is 18.2 Å². The van der Waals surface area contributed by atoms with E-state index in [9.17, 15) is 14.5 Å². The van der Waals surface area contributed by atoms with E-state index in [1.54, 1.807) is 18.2 Å². The molecule has 0 saturated heterocycles. The Kier molecular flexibility index (Phi) is 3.23. The van der Waals surface area contributed by atoms with Gasteiger partial charge in [0.25, 0.3) is 5.69 Å². The van der Waals surface area contributed by atoms with Gasteiger partial charge < -0.3 is 9.73 Å². The number of aromatic nitrogens is 1. The largest absolute Gasteiger partial charge is 0.472 e. The van der Waals surface area contributed by atoms with Gasteiger partial charge in [-0.15, -0.1) is 0 Å². The summed E-state index contributed by atoms with van der Waals surface area (Å²) in [5.74, 6) is -0.712. The highest BCUT2D eigenvalue weighted by molar-refractivity contribution is 5.97. The minimum Gasteiger partial charge on any atom is -0.472 e. The number of nitro groups is 1. The minimum atomic E-state index is -0.712. The second kappa shape index (κ2) is 5.20. The Hall–Kier alpha value is -2.96. The summed E-state index contributed by atoms with van der Waals surface area (Å²) in [4.78, 5) is 14.4. The molecule has 106 valence electrons. The van der Waals surface area contributed by atoms with Crippen LogP contribution in [-0.4, -0.2) is 9.91 Å². The quantitative estimate of drug-likeness (QED) is 0.586. The van der Waals surface area contributed by atoms with Crippen molar-refractivity contribution in [1.82, 2.24) is 4.98 Å². The monoisotopic (exact) mass is 287 g/mol. The van der Waals surface area contributed by atoms with Crippen molar-refractivity contribution in [2.75, 3.05) is 5.32 Å². The molecule has 0 aliphatic heterocycles. The minimum absolute atomic E-state index is 0.136. The number of nitrogens with one attached hydrogen (secondary N) is 1. The maximum absolute atomic E-state index is 14.1. The Morgan fingerprint density at radius 1 is 1.43 bits per heavy atom. The van der Waals surface area contributed by atoms with Crippen LogP contribution in [0.15, 0.2) is 47.4 Å². The maximum atomic E-state index is 14.1. The molecule has 0 radical (unpaired) electrons. The molecule has 0 spiro atoms. The molecule has 3 rings (SSSR count). The average Bonchev–Trinajstić information content (AvgIpc) is 2.98. The van der Waals surface area contributed by atoms with Gasteiger partial charge in [-0.1, -0.05) is 0 Å². The smallest absolute Gasteiger partial charge is 0.281 e. The number of benzene rings is 1. The zero-order chi connectivity index (χ0) is 14.8. The molecule has 6 nitrogen and oxygen atoms in total. The summed E-state index contributed by atoms with van der Waals surface area (Å²) in [6.45, 7) is 0.330. The fraction of sp³-hybridized carbons (Fsp3) is 0.0714. The molecule has 3 aromatic rings. The van der Waals surface area contributed by atoms with E-state index in [1.807, 2.05) is 0 Å². The molecule has 1 aromatic carbocycles. The number of hydrogen-bond acceptors (Lipinski definition) is 5. The van der Waals surface area contributed by atoms with Gasteiger partial charge >= 0.3 is 0 Å². The predicted molar refractivity (Wildman–Crippen MR) is 74.4 cm³/mol. The summed E-state index contributed by atoms with van der Waals surface area (Å²) in [5, 5.41) is 14.2. The normalized spacial score (nSPS) is 10.7. The lowest BCUT2D eigenvalue weighted by Gasteiger charge is -2.09. The van der Waals surface area contributed by atoms with Gasteiger partial charge in [0.2, 0.25) is 0 Å². The molecule has 21 heavy (non-hydrogen) atoms. The number of non-ortho nitro benzene ring substituents is 1. The van der Waals surface area contributed by atoms with Crippen LogP contribution in [0.3, 0.4) is 0 Å². The van der Waals surface area contributed by atoms with E-state index in [4.69, 9.17) is 4.42 Å². The number of halogens is 1. The van der Waals surface area contributed by atoms with Crippen molar-refractivity contribution >= 4 is 22.3 Å². The molecule has 0 aliphatic rings. The highest BCUT2D eigenvalue weighted by Crippen LogP contribution is 2.32. The van der Waals surface area contributed by atoms with Crippen LogP contribution >= 0.6 is 0 Å². The average molecular weight is 287 g/mol. The van der Waals surface area contributed by atoms with Gasteiger partial charge in [-0.2, -0.15) is 0 Å². The second-order valence-electron chi connectivity index (χ2n) is 4.39. The Balaban J connectivity index is 2.08. The Bertz CT molecular complexity index is 803. The Morgan fingerprint density at radius 3 is 3.00 bits per heavy atom. The van der Waals surface area contributed by atoms with Crippen LogP contribution in [0.1, 0.15) is 5.56 Å². The molecule has 2 aromatic heterocycles. The molecule has 1 N–H and O–H groups in total. The van der Waals surface area contributed by atoms with E-state index < -0.39 is 10.7 Å². The lowest BCUT2D eigenvalue weighted by atomic mass is 10.1. The van der Waals surface area contributed by atoms with Gasteiger partial charge in [-0.3, -0.25) is 15.1 Å². The molecule has 0 fully saturated rings. The molecule has 0 unspecified atom stereocenters. The molecule has 0 amide bonds. The summed E-state index contributed by atoms with van der Waals surface area (Å²) in [6.07, 6.45) is 4.51. The lowest BCUT2D eigenvalue weighted by Crippen LogP contribution is -2.03. The molecule has 0 bridgehead atoms. The fourth-order valence-electron chi connectivity index (χ4n) is 2.10. The highest BCUT2D eigenvalue weighted by atomic mass is 19.1. The summed E-state index contributed by atoms with van der Waals surface area (Å²) in [7, 11) is 0. The molecule has 7 heteroatoms. The van der Waals surface area contributed by atoms with Crippen molar-refractivity contribution in [3.63, 3.8) is 0 Å². The molecule has 0 saturated carbocycles. The third-order valence-corrected chi connectivity index (χ3v) is 3.07. The third kappa shape index (κ3) is 2.40. The number of furan rings is 1.